The molecule has 2 aromatic heterocycles. The Morgan fingerprint density at radius 1 is 1.21 bits per heavy atom. The van der Waals surface area contributed by atoms with Gasteiger partial charge in [0.15, 0.2) is 5.75 Å². The van der Waals surface area contributed by atoms with Crippen molar-refractivity contribution >= 4 is 22.8 Å². The number of hydrogen-bond acceptors (Lipinski definition) is 5. The molecule has 0 radical (unpaired) electrons. The molecule has 1 aromatic carbocycles. The molecular weight excluding hydrogens is 439 g/mol. The highest BCUT2D eigenvalue weighted by molar-refractivity contribution is 6.01. The molecule has 9 heteroatoms. The van der Waals surface area contributed by atoms with Crippen LogP contribution >= 0.6 is 0 Å². The summed E-state index contributed by atoms with van der Waals surface area (Å²) in [6, 6.07) is 6.18. The maximum atomic E-state index is 13.9. The molecule has 8 nitrogen and oxygen atoms in total. The lowest BCUT2D eigenvalue weighted by molar-refractivity contribution is -0.128. The summed E-state index contributed by atoms with van der Waals surface area (Å²) in [6.45, 7) is 2.26. The fraction of sp³-hybridized carbons (Fsp3) is 0.360. The molecule has 0 aliphatic rings. The summed E-state index contributed by atoms with van der Waals surface area (Å²) < 4.78 is 15.2. The van der Waals surface area contributed by atoms with E-state index >= 15 is 0 Å². The van der Waals surface area contributed by atoms with Gasteiger partial charge in [0, 0.05) is 40.3 Å². The summed E-state index contributed by atoms with van der Waals surface area (Å²) in [6.07, 6.45) is 3.28. The molecule has 2 heterocycles. The van der Waals surface area contributed by atoms with Crippen LogP contribution in [0.1, 0.15) is 46.8 Å². The Morgan fingerprint density at radius 2 is 1.94 bits per heavy atom. The molecule has 2 N–H and O–H groups in total. The average molecular weight is 469 g/mol. The minimum absolute atomic E-state index is 0.0492. The van der Waals surface area contributed by atoms with Crippen LogP contribution in [-0.4, -0.2) is 52.0 Å². The van der Waals surface area contributed by atoms with Crippen molar-refractivity contribution in [2.24, 2.45) is 7.05 Å². The average Bonchev–Trinajstić information content (AvgIpc) is 2.81. The van der Waals surface area contributed by atoms with E-state index in [4.69, 9.17) is 0 Å². The summed E-state index contributed by atoms with van der Waals surface area (Å²) in [5.74, 6) is -1.53. The van der Waals surface area contributed by atoms with Gasteiger partial charge in [-0.2, -0.15) is 0 Å². The fourth-order valence-electron chi connectivity index (χ4n) is 3.74. The SMILES string of the molecule is CCCNC(=O)c1c(O)c2ncc(Cc3ccc(F)cc3CCC(=O)N(C)C)cc2n(C)c1=O. The molecule has 2 amide bonds. The van der Waals surface area contributed by atoms with Crippen LogP contribution in [0.5, 0.6) is 5.75 Å². The first kappa shape index (κ1) is 24.9. The van der Waals surface area contributed by atoms with Crippen LogP contribution in [0.4, 0.5) is 4.39 Å². The van der Waals surface area contributed by atoms with Crippen LogP contribution in [-0.2, 0) is 24.7 Å². The molecule has 0 atom stereocenters. The van der Waals surface area contributed by atoms with E-state index in [1.54, 1.807) is 32.4 Å². The smallest absolute Gasteiger partial charge is 0.267 e. The van der Waals surface area contributed by atoms with Crippen molar-refractivity contribution in [2.75, 3.05) is 20.6 Å². The molecule has 0 spiro atoms. The maximum Gasteiger partial charge on any atom is 0.267 e. The third-order valence-electron chi connectivity index (χ3n) is 5.70. The Hall–Kier alpha value is -3.75. The zero-order valence-electron chi connectivity index (χ0n) is 19.8. The molecule has 3 aromatic rings. The molecule has 34 heavy (non-hydrogen) atoms. The van der Waals surface area contributed by atoms with E-state index < -0.39 is 17.2 Å². The highest BCUT2D eigenvalue weighted by Gasteiger charge is 2.22. The number of carbonyl (C=O) groups is 2. The number of fused-ring (bicyclic) bond motifs is 1. The number of pyridine rings is 2. The molecule has 0 unspecified atom stereocenters. The second-order valence-electron chi connectivity index (χ2n) is 8.43. The molecule has 0 aliphatic heterocycles. The molecule has 3 rings (SSSR count). The highest BCUT2D eigenvalue weighted by atomic mass is 19.1. The molecule has 0 aliphatic carbocycles. The summed E-state index contributed by atoms with van der Waals surface area (Å²) >= 11 is 0. The second-order valence-corrected chi connectivity index (χ2v) is 8.43. The van der Waals surface area contributed by atoms with E-state index in [2.05, 4.69) is 10.3 Å². The first-order valence-corrected chi connectivity index (χ1v) is 11.1. The molecule has 180 valence electrons. The molecular formula is C25H29FN4O4. The van der Waals surface area contributed by atoms with E-state index in [1.807, 2.05) is 6.92 Å². The predicted molar refractivity (Wildman–Crippen MR) is 127 cm³/mol. The first-order chi connectivity index (χ1) is 16.1. The Kier molecular flexibility index (Phi) is 7.65. The van der Waals surface area contributed by atoms with E-state index in [-0.39, 0.29) is 29.2 Å². The van der Waals surface area contributed by atoms with E-state index in [1.165, 1.54) is 28.6 Å². The Balaban J connectivity index is 1.97. The summed E-state index contributed by atoms with van der Waals surface area (Å²) in [7, 11) is 4.87. The van der Waals surface area contributed by atoms with Gasteiger partial charge in [-0.25, -0.2) is 4.39 Å². The summed E-state index contributed by atoms with van der Waals surface area (Å²) in [5.41, 5.74) is 1.84. The number of rotatable bonds is 8. The van der Waals surface area contributed by atoms with Crippen LogP contribution in [0, 0.1) is 5.82 Å². The zero-order chi connectivity index (χ0) is 25.0. The van der Waals surface area contributed by atoms with Gasteiger partial charge >= 0.3 is 0 Å². The lowest BCUT2D eigenvalue weighted by atomic mass is 9.97. The van der Waals surface area contributed by atoms with Gasteiger partial charge in [0.05, 0.1) is 5.52 Å². The van der Waals surface area contributed by atoms with Crippen molar-refractivity contribution in [1.29, 1.82) is 0 Å². The lowest BCUT2D eigenvalue weighted by Crippen LogP contribution is -2.33. The largest absolute Gasteiger partial charge is 0.505 e. The summed E-state index contributed by atoms with van der Waals surface area (Å²) in [5, 5.41) is 13.2. The van der Waals surface area contributed by atoms with Gasteiger partial charge in [0.25, 0.3) is 11.5 Å². The first-order valence-electron chi connectivity index (χ1n) is 11.1. The molecule has 0 saturated heterocycles. The van der Waals surface area contributed by atoms with Crippen molar-refractivity contribution in [3.8, 4) is 5.75 Å². The van der Waals surface area contributed by atoms with Gasteiger partial charge in [-0.3, -0.25) is 19.4 Å². The number of carbonyl (C=O) groups excluding carboxylic acids is 2. The second kappa shape index (κ2) is 10.5. The fourth-order valence-corrected chi connectivity index (χ4v) is 3.74. The van der Waals surface area contributed by atoms with Crippen LogP contribution in [0.2, 0.25) is 0 Å². The minimum Gasteiger partial charge on any atom is -0.505 e. The minimum atomic E-state index is -0.643. The van der Waals surface area contributed by atoms with Crippen molar-refractivity contribution in [3.05, 3.63) is 68.9 Å². The Labute approximate surface area is 197 Å². The van der Waals surface area contributed by atoms with Crippen molar-refractivity contribution in [3.63, 3.8) is 0 Å². The number of amides is 2. The predicted octanol–water partition coefficient (Wildman–Crippen LogP) is 2.53. The summed E-state index contributed by atoms with van der Waals surface area (Å²) in [4.78, 5) is 43.0. The third kappa shape index (κ3) is 5.24. The van der Waals surface area contributed by atoms with Gasteiger partial charge in [0.2, 0.25) is 5.91 Å². The lowest BCUT2D eigenvalue weighted by Gasteiger charge is -2.14. The number of hydrogen-bond donors (Lipinski definition) is 2. The van der Waals surface area contributed by atoms with Crippen LogP contribution in [0.3, 0.4) is 0 Å². The molecule has 0 saturated carbocycles. The van der Waals surface area contributed by atoms with Crippen LogP contribution in [0.15, 0.2) is 35.3 Å². The number of aryl methyl sites for hydroxylation is 2. The number of nitrogens with zero attached hydrogens (tertiary/aromatic N) is 3. The van der Waals surface area contributed by atoms with Crippen molar-refractivity contribution in [1.82, 2.24) is 19.8 Å². The van der Waals surface area contributed by atoms with Gasteiger partial charge in [-0.05, 0) is 54.2 Å². The standard InChI is InChI=1S/C25H29FN4O4/c1-5-10-27-24(33)21-23(32)22-19(30(4)25(21)34)12-15(14-28-22)11-16-6-8-18(26)13-17(16)7-9-20(31)29(2)3/h6,8,12-14,32H,5,7,9-11H2,1-4H3,(H,27,33). The normalized spacial score (nSPS) is 11.0. The highest BCUT2D eigenvalue weighted by Crippen LogP contribution is 2.26. The van der Waals surface area contributed by atoms with Gasteiger partial charge < -0.3 is 19.9 Å². The van der Waals surface area contributed by atoms with Crippen LogP contribution < -0.4 is 10.9 Å². The van der Waals surface area contributed by atoms with Gasteiger partial charge in [-0.1, -0.05) is 13.0 Å². The van der Waals surface area contributed by atoms with E-state index in [9.17, 15) is 23.9 Å². The third-order valence-corrected chi connectivity index (χ3v) is 5.70. The monoisotopic (exact) mass is 468 g/mol. The molecule has 0 bridgehead atoms. The maximum absolute atomic E-state index is 13.9. The zero-order valence-corrected chi connectivity index (χ0v) is 19.8. The van der Waals surface area contributed by atoms with Crippen molar-refractivity contribution in [2.45, 2.75) is 32.6 Å². The van der Waals surface area contributed by atoms with Crippen LogP contribution in [0.25, 0.3) is 11.0 Å². The number of nitrogens with one attached hydrogen (secondary N) is 1. The number of halogens is 1. The number of aromatic nitrogens is 2. The Bertz CT molecular complexity index is 1300. The van der Waals surface area contributed by atoms with E-state index in [0.29, 0.717) is 31.3 Å². The Morgan fingerprint density at radius 3 is 2.62 bits per heavy atom. The van der Waals surface area contributed by atoms with Gasteiger partial charge in [-0.15, -0.1) is 0 Å². The van der Waals surface area contributed by atoms with Gasteiger partial charge in [0.1, 0.15) is 16.9 Å². The number of benzene rings is 1. The van der Waals surface area contributed by atoms with E-state index in [0.717, 1.165) is 16.7 Å². The molecule has 0 fully saturated rings. The van der Waals surface area contributed by atoms with Crippen molar-refractivity contribution < 1.29 is 19.1 Å². The topological polar surface area (TPSA) is 105 Å². The quantitative estimate of drug-likeness (QED) is 0.529. The number of aromatic hydroxyl groups is 1.